The Kier molecular flexibility index (Phi) is 3.98. The van der Waals surface area contributed by atoms with E-state index < -0.39 is 0 Å². The predicted octanol–water partition coefficient (Wildman–Crippen LogP) is 1.86. The second kappa shape index (κ2) is 5.28. The standard InChI is InChI=1S/C13H23NO2/c1-2-3-7-14(12-4-5-12)9-13(10-15)6-8-16-11-13/h10,12H,2-9,11H2,1H3. The molecule has 92 valence electrons. The molecule has 1 atom stereocenters. The Morgan fingerprint density at radius 2 is 2.31 bits per heavy atom. The molecule has 0 aromatic carbocycles. The van der Waals surface area contributed by atoms with Gasteiger partial charge in [-0.1, -0.05) is 13.3 Å². The SMILES string of the molecule is CCCCN(CC1(C=O)CCOC1)C1CC1. The number of rotatable bonds is 7. The number of hydrogen-bond donors (Lipinski definition) is 0. The van der Waals surface area contributed by atoms with E-state index in [1.807, 2.05) is 0 Å². The summed E-state index contributed by atoms with van der Waals surface area (Å²) in [7, 11) is 0. The van der Waals surface area contributed by atoms with Gasteiger partial charge in [0.15, 0.2) is 0 Å². The van der Waals surface area contributed by atoms with Crippen molar-refractivity contribution in [2.24, 2.45) is 5.41 Å². The van der Waals surface area contributed by atoms with E-state index in [2.05, 4.69) is 11.8 Å². The van der Waals surface area contributed by atoms with E-state index in [0.717, 1.165) is 38.4 Å². The molecule has 16 heavy (non-hydrogen) atoms. The molecule has 1 saturated heterocycles. The zero-order valence-corrected chi connectivity index (χ0v) is 10.3. The Labute approximate surface area is 98.1 Å². The molecule has 2 fully saturated rings. The van der Waals surface area contributed by atoms with E-state index in [0.29, 0.717) is 6.61 Å². The predicted molar refractivity (Wildman–Crippen MR) is 63.4 cm³/mol. The van der Waals surface area contributed by atoms with Gasteiger partial charge >= 0.3 is 0 Å². The highest BCUT2D eigenvalue weighted by Gasteiger charge is 2.40. The summed E-state index contributed by atoms with van der Waals surface area (Å²) in [5, 5.41) is 0. The topological polar surface area (TPSA) is 29.5 Å². The summed E-state index contributed by atoms with van der Waals surface area (Å²) < 4.78 is 5.40. The summed E-state index contributed by atoms with van der Waals surface area (Å²) >= 11 is 0. The van der Waals surface area contributed by atoms with Gasteiger partial charge in [0.05, 0.1) is 12.0 Å². The third kappa shape index (κ3) is 2.83. The number of unbranched alkanes of at least 4 members (excludes halogenated alkanes) is 1. The van der Waals surface area contributed by atoms with Crippen LogP contribution in [0.3, 0.4) is 0 Å². The zero-order valence-electron chi connectivity index (χ0n) is 10.3. The molecule has 0 aromatic heterocycles. The van der Waals surface area contributed by atoms with Crippen LogP contribution in [-0.4, -0.2) is 43.5 Å². The second-order valence-electron chi connectivity index (χ2n) is 5.34. The third-order valence-electron chi connectivity index (χ3n) is 3.76. The molecule has 1 aliphatic heterocycles. The van der Waals surface area contributed by atoms with Gasteiger partial charge in [-0.2, -0.15) is 0 Å². The molecule has 1 aliphatic carbocycles. The fourth-order valence-electron chi connectivity index (χ4n) is 2.47. The van der Waals surface area contributed by atoms with E-state index in [1.54, 1.807) is 0 Å². The third-order valence-corrected chi connectivity index (χ3v) is 3.76. The molecule has 0 aromatic rings. The smallest absolute Gasteiger partial charge is 0.129 e. The van der Waals surface area contributed by atoms with Crippen LogP contribution < -0.4 is 0 Å². The normalized spacial score (nSPS) is 29.9. The minimum Gasteiger partial charge on any atom is -0.380 e. The Bertz CT molecular complexity index is 232. The van der Waals surface area contributed by atoms with Gasteiger partial charge in [0.1, 0.15) is 6.29 Å². The molecule has 0 amide bonds. The van der Waals surface area contributed by atoms with Crippen molar-refractivity contribution < 1.29 is 9.53 Å². The van der Waals surface area contributed by atoms with E-state index >= 15 is 0 Å². The van der Waals surface area contributed by atoms with Gasteiger partial charge < -0.3 is 9.53 Å². The summed E-state index contributed by atoms with van der Waals surface area (Å²) in [5.41, 5.74) is -0.198. The number of ether oxygens (including phenoxy) is 1. The Morgan fingerprint density at radius 1 is 1.50 bits per heavy atom. The highest BCUT2D eigenvalue weighted by Crippen LogP contribution is 2.33. The maximum atomic E-state index is 11.3. The molecule has 0 bridgehead atoms. The number of nitrogens with zero attached hydrogens (tertiary/aromatic N) is 1. The number of hydrogen-bond acceptors (Lipinski definition) is 3. The van der Waals surface area contributed by atoms with Crippen LogP contribution in [0.5, 0.6) is 0 Å². The Morgan fingerprint density at radius 3 is 2.81 bits per heavy atom. The second-order valence-corrected chi connectivity index (χ2v) is 5.34. The van der Waals surface area contributed by atoms with Crippen molar-refractivity contribution in [3.63, 3.8) is 0 Å². The molecule has 1 heterocycles. The molecule has 0 radical (unpaired) electrons. The fraction of sp³-hybridized carbons (Fsp3) is 0.923. The summed E-state index contributed by atoms with van der Waals surface area (Å²) in [6.07, 6.45) is 7.16. The molecule has 2 rings (SSSR count). The van der Waals surface area contributed by atoms with Gasteiger partial charge in [0.2, 0.25) is 0 Å². The van der Waals surface area contributed by atoms with Crippen molar-refractivity contribution in [1.82, 2.24) is 4.90 Å². The van der Waals surface area contributed by atoms with E-state index in [-0.39, 0.29) is 5.41 Å². The van der Waals surface area contributed by atoms with Crippen molar-refractivity contribution in [3.8, 4) is 0 Å². The first-order valence-corrected chi connectivity index (χ1v) is 6.58. The Balaban J connectivity index is 1.90. The van der Waals surface area contributed by atoms with Crippen molar-refractivity contribution in [2.45, 2.75) is 45.1 Å². The first-order chi connectivity index (χ1) is 7.79. The van der Waals surface area contributed by atoms with Gasteiger partial charge in [-0.25, -0.2) is 0 Å². The Hall–Kier alpha value is -0.410. The summed E-state index contributed by atoms with van der Waals surface area (Å²) in [6, 6.07) is 0.754. The van der Waals surface area contributed by atoms with E-state index in [1.165, 1.54) is 25.7 Å². The molecule has 2 aliphatic rings. The maximum Gasteiger partial charge on any atom is 0.129 e. The van der Waals surface area contributed by atoms with E-state index in [4.69, 9.17) is 4.74 Å². The average molecular weight is 225 g/mol. The minimum atomic E-state index is -0.198. The monoisotopic (exact) mass is 225 g/mol. The van der Waals surface area contributed by atoms with Gasteiger partial charge in [0, 0.05) is 19.2 Å². The molecule has 3 heteroatoms. The van der Waals surface area contributed by atoms with Crippen molar-refractivity contribution in [3.05, 3.63) is 0 Å². The van der Waals surface area contributed by atoms with Gasteiger partial charge in [-0.05, 0) is 32.2 Å². The highest BCUT2D eigenvalue weighted by molar-refractivity contribution is 5.60. The first-order valence-electron chi connectivity index (χ1n) is 6.58. The van der Waals surface area contributed by atoms with Crippen molar-refractivity contribution in [2.75, 3.05) is 26.3 Å². The molecular weight excluding hydrogens is 202 g/mol. The number of carbonyl (C=O) groups is 1. The fourth-order valence-corrected chi connectivity index (χ4v) is 2.47. The van der Waals surface area contributed by atoms with Crippen LogP contribution in [-0.2, 0) is 9.53 Å². The lowest BCUT2D eigenvalue weighted by atomic mass is 9.88. The summed E-state index contributed by atoms with van der Waals surface area (Å²) in [5.74, 6) is 0. The quantitative estimate of drug-likeness (QED) is 0.619. The van der Waals surface area contributed by atoms with Crippen LogP contribution in [0.2, 0.25) is 0 Å². The largest absolute Gasteiger partial charge is 0.380 e. The van der Waals surface area contributed by atoms with Crippen LogP contribution in [0.1, 0.15) is 39.0 Å². The lowest BCUT2D eigenvalue weighted by Crippen LogP contribution is -2.41. The lowest BCUT2D eigenvalue weighted by Gasteiger charge is -2.30. The zero-order chi connectivity index (χ0) is 11.4. The van der Waals surface area contributed by atoms with Crippen molar-refractivity contribution >= 4 is 6.29 Å². The highest BCUT2D eigenvalue weighted by atomic mass is 16.5. The lowest BCUT2D eigenvalue weighted by molar-refractivity contribution is -0.117. The molecule has 1 unspecified atom stereocenters. The van der Waals surface area contributed by atoms with Crippen LogP contribution >= 0.6 is 0 Å². The van der Waals surface area contributed by atoms with Gasteiger partial charge in [-0.15, -0.1) is 0 Å². The summed E-state index contributed by atoms with van der Waals surface area (Å²) in [6.45, 7) is 5.67. The summed E-state index contributed by atoms with van der Waals surface area (Å²) in [4.78, 5) is 13.8. The number of carbonyl (C=O) groups excluding carboxylic acids is 1. The van der Waals surface area contributed by atoms with Gasteiger partial charge in [-0.3, -0.25) is 4.90 Å². The molecule has 3 nitrogen and oxygen atoms in total. The van der Waals surface area contributed by atoms with Crippen molar-refractivity contribution in [1.29, 1.82) is 0 Å². The van der Waals surface area contributed by atoms with Crippen LogP contribution in [0.4, 0.5) is 0 Å². The average Bonchev–Trinajstić information content (AvgIpc) is 3.05. The van der Waals surface area contributed by atoms with Crippen LogP contribution in [0.25, 0.3) is 0 Å². The molecular formula is C13H23NO2. The molecule has 0 N–H and O–H groups in total. The molecule has 1 saturated carbocycles. The number of aldehydes is 1. The molecule has 0 spiro atoms. The maximum absolute atomic E-state index is 11.3. The minimum absolute atomic E-state index is 0.198. The van der Waals surface area contributed by atoms with Crippen LogP contribution in [0, 0.1) is 5.41 Å². The van der Waals surface area contributed by atoms with E-state index in [9.17, 15) is 4.79 Å². The van der Waals surface area contributed by atoms with Crippen LogP contribution in [0.15, 0.2) is 0 Å². The first kappa shape index (κ1) is 12.1. The van der Waals surface area contributed by atoms with Gasteiger partial charge in [0.25, 0.3) is 0 Å².